The molecule has 2 aromatic heterocycles. The molecule has 0 atom stereocenters. The van der Waals surface area contributed by atoms with E-state index in [9.17, 15) is 0 Å². The van der Waals surface area contributed by atoms with Gasteiger partial charge in [-0.3, -0.25) is 0 Å². The molecule has 96 valence electrons. The zero-order chi connectivity index (χ0) is 13.1. The molecule has 3 aromatic rings. The summed E-state index contributed by atoms with van der Waals surface area (Å²) in [5, 5.41) is 10.2. The van der Waals surface area contributed by atoms with Crippen LogP contribution in [-0.2, 0) is 13.1 Å². The Morgan fingerprint density at radius 3 is 2.58 bits per heavy atom. The van der Waals surface area contributed by atoms with Gasteiger partial charge in [-0.25, -0.2) is 4.68 Å². The van der Waals surface area contributed by atoms with E-state index in [4.69, 9.17) is 5.73 Å². The second kappa shape index (κ2) is 5.34. The Hall–Kier alpha value is -1.98. The number of benzene rings is 1. The van der Waals surface area contributed by atoms with Gasteiger partial charge in [0, 0.05) is 6.54 Å². The van der Waals surface area contributed by atoms with Crippen molar-refractivity contribution in [2.45, 2.75) is 13.1 Å². The third-order valence-electron chi connectivity index (χ3n) is 2.98. The van der Waals surface area contributed by atoms with Gasteiger partial charge in [-0.2, -0.15) is 0 Å². The minimum atomic E-state index is 0.573. The van der Waals surface area contributed by atoms with Gasteiger partial charge in [0.25, 0.3) is 0 Å². The summed E-state index contributed by atoms with van der Waals surface area (Å²) in [4.78, 5) is 1.18. The molecule has 4 nitrogen and oxygen atoms in total. The Morgan fingerprint density at radius 1 is 1.11 bits per heavy atom. The average molecular weight is 270 g/mol. The van der Waals surface area contributed by atoms with Crippen LogP contribution in [0.5, 0.6) is 0 Å². The lowest BCUT2D eigenvalue weighted by Crippen LogP contribution is -2.04. The number of nitrogens with zero attached hydrogens (tertiary/aromatic N) is 3. The first-order valence-electron chi connectivity index (χ1n) is 6.07. The second-order valence-electron chi connectivity index (χ2n) is 4.27. The van der Waals surface area contributed by atoms with E-state index >= 15 is 0 Å². The monoisotopic (exact) mass is 270 g/mol. The molecule has 0 aliphatic heterocycles. The summed E-state index contributed by atoms with van der Waals surface area (Å²) in [6.07, 6.45) is 1.81. The highest BCUT2D eigenvalue weighted by atomic mass is 32.1. The molecule has 0 amide bonds. The number of thiophene rings is 1. The quantitative estimate of drug-likeness (QED) is 0.792. The molecule has 0 saturated heterocycles. The summed E-state index contributed by atoms with van der Waals surface area (Å²) in [5.74, 6) is 0. The van der Waals surface area contributed by atoms with Crippen molar-refractivity contribution >= 4 is 11.3 Å². The molecular formula is C14H14N4S. The maximum absolute atomic E-state index is 5.60. The number of rotatable bonds is 4. The van der Waals surface area contributed by atoms with E-state index in [-0.39, 0.29) is 0 Å². The molecule has 0 aliphatic carbocycles. The average Bonchev–Trinajstić information content (AvgIpc) is 3.10. The molecular weight excluding hydrogens is 256 g/mol. The molecule has 1 aromatic carbocycles. The van der Waals surface area contributed by atoms with Crippen LogP contribution < -0.4 is 5.73 Å². The van der Waals surface area contributed by atoms with Gasteiger partial charge in [0.2, 0.25) is 0 Å². The van der Waals surface area contributed by atoms with Gasteiger partial charge in [-0.15, -0.1) is 16.4 Å². The van der Waals surface area contributed by atoms with Crippen molar-refractivity contribution in [3.8, 4) is 10.6 Å². The summed E-state index contributed by atoms with van der Waals surface area (Å²) in [7, 11) is 0. The first-order valence-corrected chi connectivity index (χ1v) is 6.95. The molecule has 0 radical (unpaired) electrons. The summed E-state index contributed by atoms with van der Waals surface area (Å²) in [6.45, 7) is 1.29. The van der Waals surface area contributed by atoms with Crippen LogP contribution in [0, 0.1) is 0 Å². The van der Waals surface area contributed by atoms with E-state index < -0.39 is 0 Å². The van der Waals surface area contributed by atoms with Crippen molar-refractivity contribution in [2.24, 2.45) is 5.73 Å². The second-order valence-corrected chi connectivity index (χ2v) is 5.22. The minimum absolute atomic E-state index is 0.573. The largest absolute Gasteiger partial charge is 0.326 e. The lowest BCUT2D eigenvalue weighted by Gasteiger charge is -2.05. The zero-order valence-corrected chi connectivity index (χ0v) is 11.2. The zero-order valence-electron chi connectivity index (χ0n) is 10.4. The highest BCUT2D eigenvalue weighted by Crippen LogP contribution is 2.23. The standard InChI is InChI=1S/C14H14N4S/c15-8-11-3-5-12(6-4-11)10-18-13(9-16-17-18)14-2-1-7-19-14/h1-7,9H,8,10,15H2. The van der Waals surface area contributed by atoms with Gasteiger partial charge in [0.05, 0.1) is 23.3 Å². The molecule has 2 heterocycles. The van der Waals surface area contributed by atoms with E-state index in [0.717, 1.165) is 17.8 Å². The van der Waals surface area contributed by atoms with E-state index in [0.29, 0.717) is 6.54 Å². The van der Waals surface area contributed by atoms with Crippen LogP contribution in [0.15, 0.2) is 48.0 Å². The Kier molecular flexibility index (Phi) is 3.39. The molecule has 0 fully saturated rings. The minimum Gasteiger partial charge on any atom is -0.326 e. The van der Waals surface area contributed by atoms with E-state index in [2.05, 4.69) is 46.0 Å². The van der Waals surface area contributed by atoms with Crippen LogP contribution >= 0.6 is 11.3 Å². The van der Waals surface area contributed by atoms with Crippen molar-refractivity contribution in [2.75, 3.05) is 0 Å². The van der Waals surface area contributed by atoms with Crippen LogP contribution in [0.25, 0.3) is 10.6 Å². The van der Waals surface area contributed by atoms with Gasteiger partial charge in [-0.05, 0) is 22.6 Å². The van der Waals surface area contributed by atoms with Crippen LogP contribution in [0.2, 0.25) is 0 Å². The van der Waals surface area contributed by atoms with Crippen molar-refractivity contribution in [1.29, 1.82) is 0 Å². The van der Waals surface area contributed by atoms with Crippen LogP contribution in [0.3, 0.4) is 0 Å². The van der Waals surface area contributed by atoms with E-state index in [1.165, 1.54) is 10.4 Å². The Morgan fingerprint density at radius 2 is 1.89 bits per heavy atom. The van der Waals surface area contributed by atoms with Gasteiger partial charge < -0.3 is 5.73 Å². The number of hydrogen-bond donors (Lipinski definition) is 1. The summed E-state index contributed by atoms with van der Waals surface area (Å²) in [6, 6.07) is 12.4. The highest BCUT2D eigenvalue weighted by molar-refractivity contribution is 7.13. The summed E-state index contributed by atoms with van der Waals surface area (Å²) in [5.41, 5.74) is 8.99. The Labute approximate surface area is 115 Å². The SMILES string of the molecule is NCc1ccc(Cn2nncc2-c2cccs2)cc1. The van der Waals surface area contributed by atoms with Gasteiger partial charge >= 0.3 is 0 Å². The van der Waals surface area contributed by atoms with Crippen molar-refractivity contribution < 1.29 is 0 Å². The lowest BCUT2D eigenvalue weighted by molar-refractivity contribution is 0.656. The number of hydrogen-bond acceptors (Lipinski definition) is 4. The molecule has 2 N–H and O–H groups in total. The van der Waals surface area contributed by atoms with Crippen LogP contribution in [0.1, 0.15) is 11.1 Å². The first kappa shape index (κ1) is 12.1. The lowest BCUT2D eigenvalue weighted by atomic mass is 10.1. The van der Waals surface area contributed by atoms with Gasteiger partial charge in [0.15, 0.2) is 0 Å². The predicted molar refractivity (Wildman–Crippen MR) is 76.8 cm³/mol. The topological polar surface area (TPSA) is 56.7 Å². The molecule has 0 spiro atoms. The number of aromatic nitrogens is 3. The first-order chi connectivity index (χ1) is 9.36. The fourth-order valence-electron chi connectivity index (χ4n) is 1.94. The van der Waals surface area contributed by atoms with Crippen molar-refractivity contribution in [1.82, 2.24) is 15.0 Å². The maximum Gasteiger partial charge on any atom is 0.0989 e. The smallest absolute Gasteiger partial charge is 0.0989 e. The summed E-state index contributed by atoms with van der Waals surface area (Å²) >= 11 is 1.69. The number of nitrogens with two attached hydrogens (primary N) is 1. The Balaban J connectivity index is 1.85. The van der Waals surface area contributed by atoms with E-state index in [1.807, 2.05) is 10.7 Å². The van der Waals surface area contributed by atoms with Crippen molar-refractivity contribution in [3.63, 3.8) is 0 Å². The van der Waals surface area contributed by atoms with Gasteiger partial charge in [-0.1, -0.05) is 35.5 Å². The van der Waals surface area contributed by atoms with Crippen molar-refractivity contribution in [3.05, 3.63) is 59.1 Å². The highest BCUT2D eigenvalue weighted by Gasteiger charge is 2.07. The molecule has 0 bridgehead atoms. The normalized spacial score (nSPS) is 10.8. The fourth-order valence-corrected chi connectivity index (χ4v) is 2.68. The Bertz CT molecular complexity index is 640. The third-order valence-corrected chi connectivity index (χ3v) is 3.87. The predicted octanol–water partition coefficient (Wildman–Crippen LogP) is 2.51. The fraction of sp³-hybridized carbons (Fsp3) is 0.143. The molecule has 0 unspecified atom stereocenters. The van der Waals surface area contributed by atoms with Gasteiger partial charge in [0.1, 0.15) is 0 Å². The van der Waals surface area contributed by atoms with Crippen LogP contribution in [-0.4, -0.2) is 15.0 Å². The molecule has 0 aliphatic rings. The van der Waals surface area contributed by atoms with E-state index in [1.54, 1.807) is 17.5 Å². The molecule has 5 heteroatoms. The third kappa shape index (κ3) is 2.57. The van der Waals surface area contributed by atoms with Crippen LogP contribution in [0.4, 0.5) is 0 Å². The molecule has 0 saturated carbocycles. The summed E-state index contributed by atoms with van der Waals surface area (Å²) < 4.78 is 1.92. The maximum atomic E-state index is 5.60. The molecule has 19 heavy (non-hydrogen) atoms. The molecule has 3 rings (SSSR count).